The molecule has 1 aromatic heterocycles. The molecule has 2 heterocycles. The van der Waals surface area contributed by atoms with Crippen molar-refractivity contribution in [3.63, 3.8) is 0 Å². The van der Waals surface area contributed by atoms with Crippen molar-refractivity contribution in [3.8, 4) is 0 Å². The number of benzene rings is 1. The Hall–Kier alpha value is -1.81. The van der Waals surface area contributed by atoms with Crippen LogP contribution in [0.15, 0.2) is 30.6 Å². The van der Waals surface area contributed by atoms with E-state index in [1.807, 2.05) is 12.1 Å². The molecule has 0 fully saturated rings. The minimum atomic E-state index is 0.417. The van der Waals surface area contributed by atoms with Gasteiger partial charge in [0.25, 0.3) is 0 Å². The number of hydrogen-bond donors (Lipinski definition) is 1. The first kappa shape index (κ1) is 11.3. The van der Waals surface area contributed by atoms with Gasteiger partial charge in [-0.2, -0.15) is 0 Å². The van der Waals surface area contributed by atoms with Crippen molar-refractivity contribution in [2.75, 3.05) is 17.2 Å². The molecule has 92 valence electrons. The number of halogens is 1. The van der Waals surface area contributed by atoms with Gasteiger partial charge in [-0.25, -0.2) is 4.98 Å². The van der Waals surface area contributed by atoms with Crippen LogP contribution in [0.4, 0.5) is 11.4 Å². The lowest BCUT2D eigenvalue weighted by Crippen LogP contribution is -2.21. The van der Waals surface area contributed by atoms with Crippen LogP contribution in [0.3, 0.4) is 0 Å². The molecule has 1 aliphatic rings. The van der Waals surface area contributed by atoms with E-state index in [1.165, 1.54) is 5.56 Å². The van der Waals surface area contributed by atoms with E-state index in [9.17, 15) is 0 Å². The van der Waals surface area contributed by atoms with Gasteiger partial charge >= 0.3 is 0 Å². The molecular weight excluding hydrogens is 248 g/mol. The van der Waals surface area contributed by atoms with Crippen LogP contribution in [0.25, 0.3) is 0 Å². The number of aromatic nitrogens is 2. The summed E-state index contributed by atoms with van der Waals surface area (Å²) in [7, 11) is 0. The van der Waals surface area contributed by atoms with Crippen molar-refractivity contribution in [2.45, 2.75) is 13.0 Å². The maximum Gasteiger partial charge on any atom is 0.147 e. The van der Waals surface area contributed by atoms with Gasteiger partial charge in [-0.15, -0.1) is 0 Å². The first-order valence-electron chi connectivity index (χ1n) is 5.83. The molecule has 4 nitrogen and oxygen atoms in total. The highest BCUT2D eigenvalue weighted by atomic mass is 35.5. The topological polar surface area (TPSA) is 55.0 Å². The Bertz CT molecular complexity index is 568. The average Bonchev–Trinajstić information content (AvgIpc) is 2.77. The lowest BCUT2D eigenvalue weighted by atomic mass is 10.1. The van der Waals surface area contributed by atoms with E-state index in [4.69, 9.17) is 17.3 Å². The molecular formula is C13H13ClN4. The van der Waals surface area contributed by atoms with E-state index >= 15 is 0 Å². The Labute approximate surface area is 110 Å². The number of hydrogen-bond acceptors (Lipinski definition) is 4. The normalized spacial score (nSPS) is 13.7. The van der Waals surface area contributed by atoms with Crippen LogP contribution >= 0.6 is 11.6 Å². The fourth-order valence-corrected chi connectivity index (χ4v) is 2.44. The Morgan fingerprint density at radius 2 is 2.17 bits per heavy atom. The fourth-order valence-electron chi connectivity index (χ4n) is 2.34. The highest BCUT2D eigenvalue weighted by molar-refractivity contribution is 6.29. The van der Waals surface area contributed by atoms with Gasteiger partial charge in [0.05, 0.1) is 36.0 Å². The third-order valence-corrected chi connectivity index (χ3v) is 3.34. The number of nitrogens with two attached hydrogens (primary N) is 1. The molecule has 3 rings (SSSR count). The molecule has 1 aromatic carbocycles. The largest absolute Gasteiger partial charge is 0.397 e. The molecule has 0 amide bonds. The van der Waals surface area contributed by atoms with Gasteiger partial charge in [0.1, 0.15) is 5.15 Å². The van der Waals surface area contributed by atoms with Gasteiger partial charge in [0.2, 0.25) is 0 Å². The van der Waals surface area contributed by atoms with Crippen LogP contribution in [0.2, 0.25) is 5.15 Å². The molecule has 2 aromatic rings. The summed E-state index contributed by atoms with van der Waals surface area (Å²) >= 11 is 5.73. The second-order valence-corrected chi connectivity index (χ2v) is 4.74. The lowest BCUT2D eigenvalue weighted by Gasteiger charge is -2.20. The number of rotatable bonds is 2. The monoisotopic (exact) mass is 260 g/mol. The summed E-state index contributed by atoms with van der Waals surface area (Å²) in [4.78, 5) is 10.6. The molecule has 0 atom stereocenters. The summed E-state index contributed by atoms with van der Waals surface area (Å²) in [6, 6.07) is 6.06. The molecule has 0 saturated carbocycles. The standard InChI is InChI=1S/C13H13ClN4/c14-12-7-16-10(6-17-12)8-18-5-4-9-2-1-3-11(15)13(9)18/h1-3,6-7H,4-5,8,15H2. The number of nitrogens with zero attached hydrogens (tertiary/aromatic N) is 3. The number of para-hydroxylation sites is 1. The van der Waals surface area contributed by atoms with Crippen LogP contribution < -0.4 is 10.6 Å². The quantitative estimate of drug-likeness (QED) is 0.842. The van der Waals surface area contributed by atoms with Gasteiger partial charge in [-0.05, 0) is 18.1 Å². The van der Waals surface area contributed by atoms with Gasteiger partial charge in [0.15, 0.2) is 0 Å². The van der Waals surface area contributed by atoms with Crippen LogP contribution in [0.1, 0.15) is 11.3 Å². The van der Waals surface area contributed by atoms with Crippen molar-refractivity contribution in [1.29, 1.82) is 0 Å². The van der Waals surface area contributed by atoms with Crippen molar-refractivity contribution in [3.05, 3.63) is 47.0 Å². The zero-order chi connectivity index (χ0) is 12.5. The highest BCUT2D eigenvalue weighted by Gasteiger charge is 2.21. The number of nitrogen functional groups attached to an aromatic ring is 1. The molecule has 0 bridgehead atoms. The molecule has 0 aliphatic carbocycles. The van der Waals surface area contributed by atoms with Crippen LogP contribution in [0, 0.1) is 0 Å². The first-order valence-corrected chi connectivity index (χ1v) is 6.20. The zero-order valence-corrected chi connectivity index (χ0v) is 10.6. The molecule has 0 spiro atoms. The smallest absolute Gasteiger partial charge is 0.147 e. The molecule has 1 aliphatic heterocycles. The Morgan fingerprint density at radius 3 is 2.94 bits per heavy atom. The van der Waals surface area contributed by atoms with Crippen LogP contribution in [-0.2, 0) is 13.0 Å². The molecule has 0 unspecified atom stereocenters. The van der Waals surface area contributed by atoms with E-state index in [0.29, 0.717) is 11.7 Å². The summed E-state index contributed by atoms with van der Waals surface area (Å²) in [6.45, 7) is 1.68. The zero-order valence-electron chi connectivity index (χ0n) is 9.81. The third kappa shape index (κ3) is 1.99. The molecule has 18 heavy (non-hydrogen) atoms. The summed E-state index contributed by atoms with van der Waals surface area (Å²) in [6.07, 6.45) is 4.31. The second-order valence-electron chi connectivity index (χ2n) is 4.36. The van der Waals surface area contributed by atoms with Gasteiger partial charge in [-0.3, -0.25) is 4.98 Å². The minimum absolute atomic E-state index is 0.417. The van der Waals surface area contributed by atoms with E-state index in [2.05, 4.69) is 20.9 Å². The maximum absolute atomic E-state index is 6.04. The summed E-state index contributed by atoms with van der Waals surface area (Å²) < 4.78 is 0. The highest BCUT2D eigenvalue weighted by Crippen LogP contribution is 2.34. The second kappa shape index (κ2) is 4.46. The Kier molecular flexibility index (Phi) is 2.80. The average molecular weight is 261 g/mol. The number of fused-ring (bicyclic) bond motifs is 1. The van der Waals surface area contributed by atoms with E-state index < -0.39 is 0 Å². The van der Waals surface area contributed by atoms with Crippen LogP contribution in [-0.4, -0.2) is 16.5 Å². The number of anilines is 2. The molecule has 2 N–H and O–H groups in total. The molecule has 0 radical (unpaired) electrons. The maximum atomic E-state index is 6.04. The Balaban J connectivity index is 1.86. The van der Waals surface area contributed by atoms with E-state index in [0.717, 1.165) is 30.0 Å². The minimum Gasteiger partial charge on any atom is -0.397 e. The SMILES string of the molecule is Nc1cccc2c1N(Cc1cnc(Cl)cn1)CC2. The van der Waals surface area contributed by atoms with Gasteiger partial charge in [-0.1, -0.05) is 23.7 Å². The predicted octanol–water partition coefficient (Wildman–Crippen LogP) is 2.27. The van der Waals surface area contributed by atoms with Crippen molar-refractivity contribution in [1.82, 2.24) is 9.97 Å². The Morgan fingerprint density at radius 1 is 1.28 bits per heavy atom. The third-order valence-electron chi connectivity index (χ3n) is 3.14. The van der Waals surface area contributed by atoms with E-state index in [1.54, 1.807) is 12.4 Å². The molecule has 5 heteroatoms. The van der Waals surface area contributed by atoms with Crippen molar-refractivity contribution in [2.24, 2.45) is 0 Å². The van der Waals surface area contributed by atoms with E-state index in [-0.39, 0.29) is 0 Å². The lowest BCUT2D eigenvalue weighted by molar-refractivity contribution is 0.809. The summed E-state index contributed by atoms with van der Waals surface area (Å²) in [5.74, 6) is 0. The first-order chi connectivity index (χ1) is 8.74. The predicted molar refractivity (Wildman–Crippen MR) is 72.7 cm³/mol. The van der Waals surface area contributed by atoms with Crippen molar-refractivity contribution >= 4 is 23.0 Å². The fraction of sp³-hybridized carbons (Fsp3) is 0.231. The van der Waals surface area contributed by atoms with Crippen LogP contribution in [0.5, 0.6) is 0 Å². The summed E-state index contributed by atoms with van der Waals surface area (Å²) in [5.41, 5.74) is 10.2. The van der Waals surface area contributed by atoms with Gasteiger partial charge < -0.3 is 10.6 Å². The summed E-state index contributed by atoms with van der Waals surface area (Å²) in [5, 5.41) is 0.417. The van der Waals surface area contributed by atoms with Crippen molar-refractivity contribution < 1.29 is 0 Å². The van der Waals surface area contributed by atoms with Gasteiger partial charge in [0, 0.05) is 6.54 Å². The molecule has 0 saturated heterocycles.